The van der Waals surface area contributed by atoms with Crippen LogP contribution in [0.2, 0.25) is 0 Å². The van der Waals surface area contributed by atoms with Crippen molar-refractivity contribution in [2.45, 2.75) is 19.4 Å². The molecule has 2 N–H and O–H groups in total. The number of carbonyl (C=O) groups is 1. The maximum Gasteiger partial charge on any atom is 0.261 e. The number of hydrogen-bond acceptors (Lipinski definition) is 3. The summed E-state index contributed by atoms with van der Waals surface area (Å²) in [5.74, 6) is -0.346. The van der Waals surface area contributed by atoms with Gasteiger partial charge in [-0.2, -0.15) is 0 Å². The second-order valence-corrected chi connectivity index (χ2v) is 5.35. The molecule has 0 aliphatic rings. The molecule has 0 saturated carbocycles. The first-order valence-electron chi connectivity index (χ1n) is 7.21. The number of carbonyl (C=O) groups excluding carboxylic acids is 1. The van der Waals surface area contributed by atoms with E-state index in [1.165, 1.54) is 4.90 Å². The van der Waals surface area contributed by atoms with Gasteiger partial charge in [0.1, 0.15) is 5.56 Å². The number of nitrogens with zero attached hydrogens (tertiary/aromatic N) is 1. The fourth-order valence-electron chi connectivity index (χ4n) is 2.12. The lowest BCUT2D eigenvalue weighted by Crippen LogP contribution is -2.33. The van der Waals surface area contributed by atoms with Crippen LogP contribution in [-0.2, 0) is 0 Å². The summed E-state index contributed by atoms with van der Waals surface area (Å²) >= 11 is 0. The van der Waals surface area contributed by atoms with Crippen molar-refractivity contribution in [3.05, 3.63) is 58.4 Å². The molecule has 1 aromatic carbocycles. The minimum atomic E-state index is -0.478. The lowest BCUT2D eigenvalue weighted by molar-refractivity contribution is 0.0767. The number of H-pyrrole nitrogens is 1. The Morgan fingerprint density at radius 3 is 2.50 bits per heavy atom. The van der Waals surface area contributed by atoms with Crippen molar-refractivity contribution in [2.75, 3.05) is 13.6 Å². The Morgan fingerprint density at radius 1 is 1.23 bits per heavy atom. The van der Waals surface area contributed by atoms with Crippen LogP contribution in [0.25, 0.3) is 11.3 Å². The number of nitrogens with one attached hydrogen (secondary N) is 1. The van der Waals surface area contributed by atoms with Gasteiger partial charge in [0.15, 0.2) is 0 Å². The van der Waals surface area contributed by atoms with Gasteiger partial charge in [-0.15, -0.1) is 0 Å². The standard InChI is InChI=1S/C17H20N2O3/c1-12(20)10-11-19(2)17(22)14-8-9-15(18-16(14)21)13-6-4-3-5-7-13/h3-9,12,20H,10-11H2,1-2H3,(H,18,21). The van der Waals surface area contributed by atoms with Gasteiger partial charge in [-0.25, -0.2) is 0 Å². The van der Waals surface area contributed by atoms with Gasteiger partial charge in [-0.05, 0) is 31.0 Å². The molecule has 0 fully saturated rings. The van der Waals surface area contributed by atoms with Crippen LogP contribution in [0.15, 0.2) is 47.3 Å². The molecular weight excluding hydrogens is 280 g/mol. The number of pyridine rings is 1. The summed E-state index contributed by atoms with van der Waals surface area (Å²) in [6.07, 6.45) is -0.00334. The normalized spacial score (nSPS) is 12.0. The molecule has 5 nitrogen and oxygen atoms in total. The topological polar surface area (TPSA) is 73.4 Å². The molecule has 0 aliphatic carbocycles. The van der Waals surface area contributed by atoms with E-state index >= 15 is 0 Å². The molecule has 5 heteroatoms. The molecule has 2 aromatic rings. The summed E-state index contributed by atoms with van der Waals surface area (Å²) in [6, 6.07) is 12.7. The van der Waals surface area contributed by atoms with E-state index in [9.17, 15) is 14.7 Å². The average molecular weight is 300 g/mol. The minimum absolute atomic E-state index is 0.104. The minimum Gasteiger partial charge on any atom is -0.393 e. The molecule has 0 radical (unpaired) electrons. The zero-order valence-electron chi connectivity index (χ0n) is 12.7. The lowest BCUT2D eigenvalue weighted by atomic mass is 10.1. The number of aromatic amines is 1. The zero-order valence-corrected chi connectivity index (χ0v) is 12.7. The second-order valence-electron chi connectivity index (χ2n) is 5.35. The van der Waals surface area contributed by atoms with Gasteiger partial charge < -0.3 is 15.0 Å². The highest BCUT2D eigenvalue weighted by Gasteiger charge is 2.16. The molecule has 1 amide bonds. The Labute approximate surface area is 129 Å². The third kappa shape index (κ3) is 3.83. The number of aromatic nitrogens is 1. The highest BCUT2D eigenvalue weighted by atomic mass is 16.3. The maximum atomic E-state index is 12.3. The van der Waals surface area contributed by atoms with Crippen molar-refractivity contribution in [2.24, 2.45) is 0 Å². The highest BCUT2D eigenvalue weighted by Crippen LogP contribution is 2.15. The van der Waals surface area contributed by atoms with E-state index in [4.69, 9.17) is 0 Å². The molecule has 2 rings (SSSR count). The quantitative estimate of drug-likeness (QED) is 0.885. The zero-order chi connectivity index (χ0) is 16.1. The van der Waals surface area contributed by atoms with E-state index in [2.05, 4.69) is 4.98 Å². The third-order valence-electron chi connectivity index (χ3n) is 3.45. The smallest absolute Gasteiger partial charge is 0.261 e. The monoisotopic (exact) mass is 300 g/mol. The van der Waals surface area contributed by atoms with E-state index in [1.807, 2.05) is 30.3 Å². The number of amides is 1. The summed E-state index contributed by atoms with van der Waals surface area (Å²) in [4.78, 5) is 28.6. The first kappa shape index (κ1) is 16.0. The van der Waals surface area contributed by atoms with Gasteiger partial charge in [-0.1, -0.05) is 30.3 Å². The summed E-state index contributed by atoms with van der Waals surface area (Å²) in [7, 11) is 1.62. The van der Waals surface area contributed by atoms with Gasteiger partial charge in [0.05, 0.1) is 6.10 Å². The average Bonchev–Trinajstić information content (AvgIpc) is 2.52. The second kappa shape index (κ2) is 7.04. The first-order valence-corrected chi connectivity index (χ1v) is 7.21. The predicted octanol–water partition coefficient (Wildman–Crippen LogP) is 1.88. The van der Waals surface area contributed by atoms with Crippen LogP contribution < -0.4 is 5.56 Å². The van der Waals surface area contributed by atoms with Crippen molar-refractivity contribution >= 4 is 5.91 Å². The molecule has 0 aliphatic heterocycles. The van der Waals surface area contributed by atoms with Gasteiger partial charge in [0.2, 0.25) is 0 Å². The summed E-state index contributed by atoms with van der Waals surface area (Å²) in [5.41, 5.74) is 1.26. The van der Waals surface area contributed by atoms with Crippen molar-refractivity contribution in [3.63, 3.8) is 0 Å². The van der Waals surface area contributed by atoms with Crippen LogP contribution in [0, 0.1) is 0 Å². The first-order chi connectivity index (χ1) is 10.5. The fraction of sp³-hybridized carbons (Fsp3) is 0.294. The van der Waals surface area contributed by atoms with Crippen LogP contribution in [0.1, 0.15) is 23.7 Å². The number of aliphatic hydroxyl groups is 1. The predicted molar refractivity (Wildman–Crippen MR) is 85.8 cm³/mol. The fourth-order valence-corrected chi connectivity index (χ4v) is 2.12. The summed E-state index contributed by atoms with van der Waals surface area (Å²) in [5, 5.41) is 9.26. The van der Waals surface area contributed by atoms with Gasteiger partial charge in [0, 0.05) is 19.3 Å². The van der Waals surface area contributed by atoms with Crippen LogP contribution in [-0.4, -0.2) is 40.6 Å². The van der Waals surface area contributed by atoms with Crippen LogP contribution >= 0.6 is 0 Å². The highest BCUT2D eigenvalue weighted by molar-refractivity contribution is 5.93. The molecule has 0 saturated heterocycles. The number of rotatable bonds is 5. The summed E-state index contributed by atoms with van der Waals surface area (Å²) in [6.45, 7) is 2.07. The van der Waals surface area contributed by atoms with Crippen LogP contribution in [0.4, 0.5) is 0 Å². The van der Waals surface area contributed by atoms with Crippen molar-refractivity contribution in [1.29, 1.82) is 0 Å². The van der Waals surface area contributed by atoms with E-state index in [0.717, 1.165) is 5.56 Å². The van der Waals surface area contributed by atoms with Gasteiger partial charge >= 0.3 is 0 Å². The van der Waals surface area contributed by atoms with Crippen LogP contribution in [0.5, 0.6) is 0 Å². The maximum absolute atomic E-state index is 12.3. The molecular formula is C17H20N2O3. The van der Waals surface area contributed by atoms with Crippen molar-refractivity contribution in [3.8, 4) is 11.3 Å². The van der Waals surface area contributed by atoms with E-state index in [-0.39, 0.29) is 11.5 Å². The summed E-state index contributed by atoms with van der Waals surface area (Å²) < 4.78 is 0. The molecule has 0 bridgehead atoms. The Bertz CT molecular complexity index is 693. The Kier molecular flexibility index (Phi) is 5.12. The van der Waals surface area contributed by atoms with E-state index in [0.29, 0.717) is 18.7 Å². The molecule has 0 spiro atoms. The molecule has 1 atom stereocenters. The van der Waals surface area contributed by atoms with E-state index in [1.54, 1.807) is 26.1 Å². The molecule has 1 aromatic heterocycles. The Morgan fingerprint density at radius 2 is 1.91 bits per heavy atom. The SMILES string of the molecule is CC(O)CCN(C)C(=O)c1ccc(-c2ccccc2)[nH]c1=O. The molecule has 1 unspecified atom stereocenters. The number of hydrogen-bond donors (Lipinski definition) is 2. The van der Waals surface area contributed by atoms with Crippen LogP contribution in [0.3, 0.4) is 0 Å². The molecule has 116 valence electrons. The Balaban J connectivity index is 2.20. The van der Waals surface area contributed by atoms with Crippen molar-refractivity contribution in [1.82, 2.24) is 9.88 Å². The Hall–Kier alpha value is -2.40. The molecule has 1 heterocycles. The third-order valence-corrected chi connectivity index (χ3v) is 3.45. The number of benzene rings is 1. The van der Waals surface area contributed by atoms with Gasteiger partial charge in [0.25, 0.3) is 11.5 Å². The van der Waals surface area contributed by atoms with E-state index < -0.39 is 11.7 Å². The molecule has 22 heavy (non-hydrogen) atoms. The largest absolute Gasteiger partial charge is 0.393 e. The number of aliphatic hydroxyl groups excluding tert-OH is 1. The lowest BCUT2D eigenvalue weighted by Gasteiger charge is -2.17. The van der Waals surface area contributed by atoms with Gasteiger partial charge in [-0.3, -0.25) is 9.59 Å². The van der Waals surface area contributed by atoms with Crippen molar-refractivity contribution < 1.29 is 9.90 Å².